The number of ether oxygens (including phenoxy) is 1. The Bertz CT molecular complexity index is 695. The van der Waals surface area contributed by atoms with Gasteiger partial charge in [-0.1, -0.05) is 31.1 Å². The minimum atomic E-state index is 0.288. The van der Waals surface area contributed by atoms with Crippen molar-refractivity contribution in [1.29, 1.82) is 0 Å². The van der Waals surface area contributed by atoms with Crippen molar-refractivity contribution in [3.63, 3.8) is 0 Å². The molecule has 0 spiro atoms. The summed E-state index contributed by atoms with van der Waals surface area (Å²) in [5, 5.41) is 10.6. The number of benzene rings is 1. The van der Waals surface area contributed by atoms with Crippen molar-refractivity contribution in [2.75, 3.05) is 26.7 Å². The average molecular weight is 374 g/mol. The Morgan fingerprint density at radius 1 is 1.19 bits per heavy atom. The third kappa shape index (κ3) is 7.29. The molecule has 0 aliphatic carbocycles. The summed E-state index contributed by atoms with van der Waals surface area (Å²) in [4.78, 5) is 9.01. The van der Waals surface area contributed by atoms with E-state index in [2.05, 4.69) is 58.7 Å². The molecule has 1 heterocycles. The van der Waals surface area contributed by atoms with Gasteiger partial charge in [0.15, 0.2) is 11.8 Å². The second kappa shape index (κ2) is 11.2. The van der Waals surface area contributed by atoms with Gasteiger partial charge in [0.05, 0.1) is 7.11 Å². The molecule has 0 aliphatic heterocycles. The lowest BCUT2D eigenvalue weighted by Gasteiger charge is -2.11. The average Bonchev–Trinajstić information content (AvgIpc) is 3.15. The Labute approximate surface area is 161 Å². The van der Waals surface area contributed by atoms with Crippen LogP contribution in [0.15, 0.2) is 33.8 Å². The molecule has 0 bridgehead atoms. The molecule has 0 radical (unpaired) electrons. The van der Waals surface area contributed by atoms with Crippen LogP contribution in [0.25, 0.3) is 0 Å². The van der Waals surface area contributed by atoms with E-state index in [1.54, 1.807) is 7.11 Å². The topological polar surface area (TPSA) is 84.6 Å². The van der Waals surface area contributed by atoms with E-state index in [0.29, 0.717) is 12.4 Å². The fourth-order valence-electron chi connectivity index (χ4n) is 2.48. The number of guanidine groups is 1. The van der Waals surface area contributed by atoms with Crippen molar-refractivity contribution >= 4 is 5.96 Å². The summed E-state index contributed by atoms with van der Waals surface area (Å²) in [5.74, 6) is 3.45. The third-order valence-corrected chi connectivity index (χ3v) is 4.03. The lowest BCUT2D eigenvalue weighted by Crippen LogP contribution is -2.38. The molecule has 1 aromatic heterocycles. The van der Waals surface area contributed by atoms with Crippen LogP contribution in [0.1, 0.15) is 50.4 Å². The number of aromatic nitrogens is 2. The highest BCUT2D eigenvalue weighted by Crippen LogP contribution is 2.11. The van der Waals surface area contributed by atoms with Crippen LogP contribution in [-0.4, -0.2) is 42.8 Å². The third-order valence-electron chi connectivity index (χ3n) is 4.03. The number of hydrogen-bond donors (Lipinski definition) is 2. The molecule has 0 saturated carbocycles. The van der Waals surface area contributed by atoms with Crippen molar-refractivity contribution in [1.82, 2.24) is 20.8 Å². The van der Waals surface area contributed by atoms with Crippen LogP contribution in [0.3, 0.4) is 0 Å². The van der Waals surface area contributed by atoms with Gasteiger partial charge in [0.1, 0.15) is 5.75 Å². The standard InChI is InChI=1S/C20H31N5O2/c1-5-21-20(23-14-12-16-8-10-17(26-4)11-9-16)22-13-6-7-18-24-19(15(2)3)25-27-18/h8-11,15H,5-7,12-14H2,1-4H3,(H2,21,22,23). The highest BCUT2D eigenvalue weighted by Gasteiger charge is 2.09. The van der Waals surface area contributed by atoms with E-state index < -0.39 is 0 Å². The van der Waals surface area contributed by atoms with Crippen molar-refractivity contribution < 1.29 is 9.26 Å². The van der Waals surface area contributed by atoms with Crippen molar-refractivity contribution in [2.24, 2.45) is 4.99 Å². The molecule has 2 rings (SSSR count). The van der Waals surface area contributed by atoms with Crippen LogP contribution in [0.5, 0.6) is 5.75 Å². The molecule has 7 heteroatoms. The number of hydrogen-bond acceptors (Lipinski definition) is 5. The van der Waals surface area contributed by atoms with E-state index in [9.17, 15) is 0 Å². The summed E-state index contributed by atoms with van der Waals surface area (Å²) in [5.41, 5.74) is 1.26. The first kappa shape index (κ1) is 20.7. The maximum atomic E-state index is 5.26. The highest BCUT2D eigenvalue weighted by atomic mass is 16.5. The van der Waals surface area contributed by atoms with Gasteiger partial charge in [0, 0.05) is 32.0 Å². The van der Waals surface area contributed by atoms with E-state index in [-0.39, 0.29) is 5.92 Å². The first-order chi connectivity index (χ1) is 13.1. The molecule has 0 unspecified atom stereocenters. The SMILES string of the molecule is CCNC(=NCCCc1nc(C(C)C)no1)NCCc1ccc(OC)cc1. The van der Waals surface area contributed by atoms with Gasteiger partial charge in [-0.25, -0.2) is 0 Å². The molecule has 148 valence electrons. The highest BCUT2D eigenvalue weighted by molar-refractivity contribution is 5.79. The van der Waals surface area contributed by atoms with E-state index in [4.69, 9.17) is 9.26 Å². The van der Waals surface area contributed by atoms with Crippen LogP contribution in [0.2, 0.25) is 0 Å². The van der Waals surface area contributed by atoms with Gasteiger partial charge in [-0.3, -0.25) is 4.99 Å². The Hall–Kier alpha value is -2.57. The predicted octanol–water partition coefficient (Wildman–Crippen LogP) is 2.93. The molecular formula is C20H31N5O2. The lowest BCUT2D eigenvalue weighted by atomic mass is 10.1. The van der Waals surface area contributed by atoms with Crippen LogP contribution in [-0.2, 0) is 12.8 Å². The minimum absolute atomic E-state index is 0.288. The molecule has 2 N–H and O–H groups in total. The van der Waals surface area contributed by atoms with Gasteiger partial charge in [0.2, 0.25) is 5.89 Å². The second-order valence-corrected chi connectivity index (χ2v) is 6.59. The zero-order valence-corrected chi connectivity index (χ0v) is 16.8. The molecule has 0 atom stereocenters. The summed E-state index contributed by atoms with van der Waals surface area (Å²) in [6.45, 7) is 8.53. The number of aliphatic imine (C=N–C) groups is 1. The zero-order valence-electron chi connectivity index (χ0n) is 16.8. The molecule has 0 aliphatic rings. The predicted molar refractivity (Wildman–Crippen MR) is 107 cm³/mol. The van der Waals surface area contributed by atoms with Crippen molar-refractivity contribution in [2.45, 2.75) is 46.0 Å². The van der Waals surface area contributed by atoms with Crippen LogP contribution in [0.4, 0.5) is 0 Å². The minimum Gasteiger partial charge on any atom is -0.497 e. The Balaban J connectivity index is 1.73. The summed E-state index contributed by atoms with van der Waals surface area (Å²) in [7, 11) is 1.68. The molecule has 7 nitrogen and oxygen atoms in total. The number of nitrogens with one attached hydrogen (secondary N) is 2. The first-order valence-corrected chi connectivity index (χ1v) is 9.60. The van der Waals surface area contributed by atoms with E-state index in [1.165, 1.54) is 5.56 Å². The maximum Gasteiger partial charge on any atom is 0.226 e. The van der Waals surface area contributed by atoms with Crippen LogP contribution >= 0.6 is 0 Å². The maximum absolute atomic E-state index is 5.26. The van der Waals surface area contributed by atoms with Crippen LogP contribution in [0, 0.1) is 0 Å². The van der Waals surface area contributed by atoms with Crippen LogP contribution < -0.4 is 15.4 Å². The lowest BCUT2D eigenvalue weighted by molar-refractivity contribution is 0.369. The number of rotatable bonds is 10. The number of nitrogens with zero attached hydrogens (tertiary/aromatic N) is 3. The van der Waals surface area contributed by atoms with Crippen molar-refractivity contribution in [3.8, 4) is 5.75 Å². The van der Waals surface area contributed by atoms with Gasteiger partial charge in [-0.05, 0) is 37.5 Å². The quantitative estimate of drug-likeness (QED) is 0.378. The Kier molecular flexibility index (Phi) is 8.61. The van der Waals surface area contributed by atoms with E-state index >= 15 is 0 Å². The first-order valence-electron chi connectivity index (χ1n) is 9.60. The zero-order chi connectivity index (χ0) is 19.5. The fraction of sp³-hybridized carbons (Fsp3) is 0.550. The number of methoxy groups -OCH3 is 1. The molecule has 0 fully saturated rings. The molecule has 27 heavy (non-hydrogen) atoms. The largest absolute Gasteiger partial charge is 0.497 e. The normalized spacial score (nSPS) is 11.7. The summed E-state index contributed by atoms with van der Waals surface area (Å²) in [6, 6.07) is 8.13. The van der Waals surface area contributed by atoms with Gasteiger partial charge < -0.3 is 19.9 Å². The second-order valence-electron chi connectivity index (χ2n) is 6.59. The molecular weight excluding hydrogens is 342 g/mol. The van der Waals surface area contributed by atoms with Gasteiger partial charge >= 0.3 is 0 Å². The van der Waals surface area contributed by atoms with Gasteiger partial charge in [-0.15, -0.1) is 0 Å². The van der Waals surface area contributed by atoms with Gasteiger partial charge in [0.25, 0.3) is 0 Å². The van der Waals surface area contributed by atoms with E-state index in [1.807, 2.05) is 12.1 Å². The van der Waals surface area contributed by atoms with E-state index in [0.717, 1.165) is 49.9 Å². The van der Waals surface area contributed by atoms with Gasteiger partial charge in [-0.2, -0.15) is 4.98 Å². The molecule has 2 aromatic rings. The summed E-state index contributed by atoms with van der Waals surface area (Å²) in [6.07, 6.45) is 2.54. The Morgan fingerprint density at radius 2 is 1.96 bits per heavy atom. The van der Waals surface area contributed by atoms with Crippen molar-refractivity contribution in [3.05, 3.63) is 41.5 Å². The number of aryl methyl sites for hydroxylation is 1. The molecule has 0 saturated heterocycles. The smallest absolute Gasteiger partial charge is 0.226 e. The molecule has 0 amide bonds. The summed E-state index contributed by atoms with van der Waals surface area (Å²) >= 11 is 0. The Morgan fingerprint density at radius 3 is 2.59 bits per heavy atom. The molecule has 1 aromatic carbocycles. The monoisotopic (exact) mass is 373 g/mol. The fourth-order valence-corrected chi connectivity index (χ4v) is 2.48. The summed E-state index contributed by atoms with van der Waals surface area (Å²) < 4.78 is 10.4.